The van der Waals surface area contributed by atoms with Gasteiger partial charge in [0.05, 0.1) is 10.9 Å². The Hall–Kier alpha value is -1.83. The van der Waals surface area contributed by atoms with Crippen molar-refractivity contribution in [1.29, 1.82) is 0 Å². The lowest BCUT2D eigenvalue weighted by Crippen LogP contribution is -2.29. The highest BCUT2D eigenvalue weighted by Crippen LogP contribution is 2.39. The number of nitrogens with zero attached hydrogens (tertiary/aromatic N) is 2. The van der Waals surface area contributed by atoms with Gasteiger partial charge in [-0.25, -0.2) is 4.98 Å². The fourth-order valence-electron chi connectivity index (χ4n) is 2.97. The SMILES string of the molecule is CC(C)Nc1n[nH]c2nc([C@H]3CCCNC3)cc(C(F)(F)F)c12. The molecule has 3 rings (SSSR count). The van der Waals surface area contributed by atoms with Crippen LogP contribution in [0, 0.1) is 0 Å². The Labute approximate surface area is 132 Å². The van der Waals surface area contributed by atoms with E-state index in [0.717, 1.165) is 19.4 Å². The fraction of sp³-hybridized carbons (Fsp3) is 0.600. The van der Waals surface area contributed by atoms with Crippen molar-refractivity contribution in [3.63, 3.8) is 0 Å². The van der Waals surface area contributed by atoms with E-state index in [9.17, 15) is 13.2 Å². The number of alkyl halides is 3. The van der Waals surface area contributed by atoms with E-state index in [1.54, 1.807) is 0 Å². The molecule has 8 heteroatoms. The van der Waals surface area contributed by atoms with Gasteiger partial charge < -0.3 is 10.6 Å². The van der Waals surface area contributed by atoms with Crippen LogP contribution in [0.25, 0.3) is 11.0 Å². The number of aromatic amines is 1. The van der Waals surface area contributed by atoms with E-state index in [0.29, 0.717) is 12.2 Å². The topological polar surface area (TPSA) is 65.6 Å². The smallest absolute Gasteiger partial charge is 0.366 e. The number of anilines is 1. The van der Waals surface area contributed by atoms with Crippen LogP contribution in [-0.2, 0) is 6.18 Å². The van der Waals surface area contributed by atoms with Gasteiger partial charge in [-0.3, -0.25) is 5.10 Å². The van der Waals surface area contributed by atoms with Crippen LogP contribution in [0.1, 0.15) is 43.9 Å². The monoisotopic (exact) mass is 327 g/mol. The van der Waals surface area contributed by atoms with E-state index in [4.69, 9.17) is 0 Å². The van der Waals surface area contributed by atoms with Crippen molar-refractivity contribution in [3.05, 3.63) is 17.3 Å². The molecule has 0 saturated carbocycles. The normalized spacial score (nSPS) is 19.5. The summed E-state index contributed by atoms with van der Waals surface area (Å²) in [5.41, 5.74) is -0.0275. The van der Waals surface area contributed by atoms with Gasteiger partial charge in [-0.2, -0.15) is 18.3 Å². The minimum Gasteiger partial charge on any atom is -0.366 e. The molecule has 0 amide bonds. The second-order valence-electron chi connectivity index (χ2n) is 6.23. The molecule has 1 saturated heterocycles. The molecule has 0 unspecified atom stereocenters. The van der Waals surface area contributed by atoms with Crippen LogP contribution in [0.3, 0.4) is 0 Å². The molecule has 1 fully saturated rings. The van der Waals surface area contributed by atoms with Crippen LogP contribution >= 0.6 is 0 Å². The van der Waals surface area contributed by atoms with Crippen LogP contribution < -0.4 is 10.6 Å². The maximum absolute atomic E-state index is 13.5. The number of aromatic nitrogens is 3. The zero-order valence-electron chi connectivity index (χ0n) is 13.1. The molecule has 5 nitrogen and oxygen atoms in total. The molecule has 3 heterocycles. The summed E-state index contributed by atoms with van der Waals surface area (Å²) >= 11 is 0. The van der Waals surface area contributed by atoms with Crippen molar-refractivity contribution >= 4 is 16.9 Å². The molecule has 0 aromatic carbocycles. The third kappa shape index (κ3) is 3.26. The summed E-state index contributed by atoms with van der Waals surface area (Å²) in [5.74, 6) is 0.196. The molecule has 2 aromatic heterocycles. The summed E-state index contributed by atoms with van der Waals surface area (Å²) in [7, 11) is 0. The molecule has 23 heavy (non-hydrogen) atoms. The van der Waals surface area contributed by atoms with Gasteiger partial charge in [-0.05, 0) is 39.3 Å². The number of piperidine rings is 1. The number of hydrogen-bond donors (Lipinski definition) is 3. The van der Waals surface area contributed by atoms with E-state index >= 15 is 0 Å². The van der Waals surface area contributed by atoms with Gasteiger partial charge in [0, 0.05) is 24.2 Å². The van der Waals surface area contributed by atoms with E-state index in [2.05, 4.69) is 25.8 Å². The van der Waals surface area contributed by atoms with Crippen molar-refractivity contribution in [2.24, 2.45) is 0 Å². The number of halogens is 3. The van der Waals surface area contributed by atoms with Crippen molar-refractivity contribution in [2.45, 2.75) is 44.8 Å². The molecule has 3 N–H and O–H groups in total. The summed E-state index contributed by atoms with van der Waals surface area (Å²) < 4.78 is 40.6. The summed E-state index contributed by atoms with van der Waals surface area (Å²) in [6.45, 7) is 5.25. The standard InChI is InChI=1S/C15H20F3N5/c1-8(2)20-13-12-10(15(16,17)18)6-11(21-14(12)23-22-13)9-4-3-5-19-7-9/h6,8-9,19H,3-5,7H2,1-2H3,(H2,20,21,22,23)/t9-/m0/s1. The van der Waals surface area contributed by atoms with Gasteiger partial charge in [-0.15, -0.1) is 0 Å². The van der Waals surface area contributed by atoms with Crippen molar-refractivity contribution in [2.75, 3.05) is 18.4 Å². The van der Waals surface area contributed by atoms with Crippen molar-refractivity contribution in [3.8, 4) is 0 Å². The predicted molar refractivity (Wildman–Crippen MR) is 82.5 cm³/mol. The number of pyridine rings is 1. The van der Waals surface area contributed by atoms with Crippen LogP contribution in [0.4, 0.5) is 19.0 Å². The zero-order valence-corrected chi connectivity index (χ0v) is 13.1. The Kier molecular flexibility index (Phi) is 4.18. The average molecular weight is 327 g/mol. The molecule has 0 radical (unpaired) electrons. The molecule has 1 aliphatic heterocycles. The Bertz CT molecular complexity index is 686. The van der Waals surface area contributed by atoms with Gasteiger partial charge in [-0.1, -0.05) is 0 Å². The maximum atomic E-state index is 13.5. The third-order valence-corrected chi connectivity index (χ3v) is 4.00. The molecule has 126 valence electrons. The Morgan fingerprint density at radius 2 is 2.13 bits per heavy atom. The van der Waals surface area contributed by atoms with Gasteiger partial charge in [0.15, 0.2) is 11.5 Å². The van der Waals surface area contributed by atoms with E-state index in [-0.39, 0.29) is 28.8 Å². The minimum atomic E-state index is -4.45. The predicted octanol–water partition coefficient (Wildman–Crippen LogP) is 3.26. The quantitative estimate of drug-likeness (QED) is 0.809. The first-order chi connectivity index (χ1) is 10.9. The fourth-order valence-corrected chi connectivity index (χ4v) is 2.97. The Balaban J connectivity index is 2.12. The second-order valence-corrected chi connectivity index (χ2v) is 6.23. The number of rotatable bonds is 3. The highest BCUT2D eigenvalue weighted by molar-refractivity contribution is 5.91. The van der Waals surface area contributed by atoms with E-state index in [1.807, 2.05) is 13.8 Å². The lowest BCUT2D eigenvalue weighted by atomic mass is 9.94. The second kappa shape index (κ2) is 5.99. The van der Waals surface area contributed by atoms with Gasteiger partial charge >= 0.3 is 6.18 Å². The number of nitrogens with one attached hydrogen (secondary N) is 3. The number of fused-ring (bicyclic) bond motifs is 1. The van der Waals surface area contributed by atoms with Gasteiger partial charge in [0.25, 0.3) is 0 Å². The third-order valence-electron chi connectivity index (χ3n) is 4.00. The van der Waals surface area contributed by atoms with Crippen LogP contribution in [-0.4, -0.2) is 34.3 Å². The average Bonchev–Trinajstić information content (AvgIpc) is 2.88. The Morgan fingerprint density at radius 1 is 1.35 bits per heavy atom. The molecule has 0 aliphatic carbocycles. The summed E-state index contributed by atoms with van der Waals surface area (Å²) in [4.78, 5) is 4.40. The number of hydrogen-bond acceptors (Lipinski definition) is 4. The summed E-state index contributed by atoms with van der Waals surface area (Å²) in [5, 5.41) is 12.8. The molecular weight excluding hydrogens is 307 g/mol. The van der Waals surface area contributed by atoms with Gasteiger partial charge in [0.2, 0.25) is 0 Å². The first-order valence-corrected chi connectivity index (χ1v) is 7.79. The molecule has 1 atom stereocenters. The highest BCUT2D eigenvalue weighted by Gasteiger charge is 2.36. The zero-order chi connectivity index (χ0) is 16.6. The minimum absolute atomic E-state index is 0.000872. The first-order valence-electron chi connectivity index (χ1n) is 7.79. The molecular formula is C15H20F3N5. The van der Waals surface area contributed by atoms with E-state index in [1.165, 1.54) is 6.07 Å². The molecule has 0 bridgehead atoms. The largest absolute Gasteiger partial charge is 0.417 e. The van der Waals surface area contributed by atoms with Crippen molar-refractivity contribution in [1.82, 2.24) is 20.5 Å². The lowest BCUT2D eigenvalue weighted by molar-refractivity contribution is -0.136. The molecule has 2 aromatic rings. The van der Waals surface area contributed by atoms with Crippen LogP contribution in [0.2, 0.25) is 0 Å². The lowest BCUT2D eigenvalue weighted by Gasteiger charge is -2.23. The van der Waals surface area contributed by atoms with E-state index < -0.39 is 11.7 Å². The van der Waals surface area contributed by atoms with Crippen molar-refractivity contribution < 1.29 is 13.2 Å². The number of H-pyrrole nitrogens is 1. The summed E-state index contributed by atoms with van der Waals surface area (Å²) in [6.07, 6.45) is -2.67. The van der Waals surface area contributed by atoms with Crippen LogP contribution in [0.5, 0.6) is 0 Å². The summed E-state index contributed by atoms with van der Waals surface area (Å²) in [6, 6.07) is 1.16. The maximum Gasteiger partial charge on any atom is 0.417 e. The first kappa shape index (κ1) is 16.0. The highest BCUT2D eigenvalue weighted by atomic mass is 19.4. The molecule has 0 spiro atoms. The molecule has 1 aliphatic rings. The Morgan fingerprint density at radius 3 is 2.74 bits per heavy atom. The van der Waals surface area contributed by atoms with Crippen LogP contribution in [0.15, 0.2) is 6.07 Å². The van der Waals surface area contributed by atoms with Gasteiger partial charge in [0.1, 0.15) is 0 Å².